The molecule has 3 aromatic rings. The highest BCUT2D eigenvalue weighted by atomic mass is 16.7. The van der Waals surface area contributed by atoms with Gasteiger partial charge in [0.2, 0.25) is 5.78 Å². The quantitative estimate of drug-likeness (QED) is 0.376. The van der Waals surface area contributed by atoms with Crippen LogP contribution in [0.1, 0.15) is 32.7 Å². The molecule has 3 aromatic heterocycles. The predicted octanol–water partition coefficient (Wildman–Crippen LogP) is 0.0150. The van der Waals surface area contributed by atoms with Crippen LogP contribution in [-0.2, 0) is 40.4 Å². The molecule has 176 valence electrons. The summed E-state index contributed by atoms with van der Waals surface area (Å²) in [6.07, 6.45) is -1.19. The maximum atomic E-state index is 13.0. The molecule has 1 saturated heterocycles. The van der Waals surface area contributed by atoms with Gasteiger partial charge in [0.25, 0.3) is 5.56 Å². The first-order valence-corrected chi connectivity index (χ1v) is 10.1. The van der Waals surface area contributed by atoms with Gasteiger partial charge in [0, 0.05) is 39.7 Å². The van der Waals surface area contributed by atoms with Crippen molar-refractivity contribution >= 4 is 34.8 Å². The molecule has 1 aliphatic rings. The Morgan fingerprint density at radius 1 is 1.09 bits per heavy atom. The van der Waals surface area contributed by atoms with Gasteiger partial charge in [-0.25, -0.2) is 9.38 Å². The average molecular weight is 461 g/mol. The standard InChI is InChI=1S/C20H23N5O8/c1-9-6-24-18(29)14-17(22-20(24)23(9)5)25(8-21-14)19-16(32-12(4)28)15(31-11(3)27)13(33-19)7-30-10(2)26/h6,8,13,15-16,19H,7H2,1-5H3/t13-,15-,16-,19-/m1/s1. The van der Waals surface area contributed by atoms with E-state index in [9.17, 15) is 19.2 Å². The summed E-state index contributed by atoms with van der Waals surface area (Å²) in [4.78, 5) is 56.7. The molecular weight excluding hydrogens is 438 g/mol. The number of aromatic nitrogens is 5. The second kappa shape index (κ2) is 8.31. The van der Waals surface area contributed by atoms with Crippen LogP contribution in [0.5, 0.6) is 0 Å². The Hall–Kier alpha value is -3.74. The number of rotatable bonds is 5. The summed E-state index contributed by atoms with van der Waals surface area (Å²) >= 11 is 0. The van der Waals surface area contributed by atoms with Crippen LogP contribution in [0.2, 0.25) is 0 Å². The fourth-order valence-electron chi connectivity index (χ4n) is 3.86. The number of esters is 3. The lowest BCUT2D eigenvalue weighted by molar-refractivity contribution is -0.166. The van der Waals surface area contributed by atoms with Crippen LogP contribution in [0.4, 0.5) is 0 Å². The SMILES string of the molecule is CC(=O)OC[C@H]1O[C@@H](n2cnc3c(=O)n4cc(C)n(C)c4nc32)[C@H](OC(C)=O)[C@@H]1OC(C)=O. The minimum absolute atomic E-state index is 0.0794. The van der Waals surface area contributed by atoms with Gasteiger partial charge in [-0.2, -0.15) is 4.98 Å². The highest BCUT2D eigenvalue weighted by Crippen LogP contribution is 2.35. The number of fused-ring (bicyclic) bond motifs is 2. The number of ether oxygens (including phenoxy) is 4. The molecule has 0 radical (unpaired) electrons. The van der Waals surface area contributed by atoms with E-state index in [1.54, 1.807) is 17.8 Å². The van der Waals surface area contributed by atoms with E-state index < -0.39 is 42.4 Å². The molecule has 0 unspecified atom stereocenters. The number of carbonyl (C=O) groups excluding carboxylic acids is 3. The van der Waals surface area contributed by atoms with Crippen molar-refractivity contribution in [2.75, 3.05) is 6.61 Å². The Kier molecular flexibility index (Phi) is 5.66. The molecule has 4 atom stereocenters. The summed E-state index contributed by atoms with van der Waals surface area (Å²) in [5.74, 6) is -1.46. The number of hydrogen-bond donors (Lipinski definition) is 0. The van der Waals surface area contributed by atoms with Crippen molar-refractivity contribution in [1.82, 2.24) is 23.5 Å². The third kappa shape index (κ3) is 3.95. The summed E-state index contributed by atoms with van der Waals surface area (Å²) in [7, 11) is 1.77. The number of aryl methyl sites for hydroxylation is 2. The van der Waals surface area contributed by atoms with Crippen molar-refractivity contribution in [2.45, 2.75) is 52.2 Å². The molecular formula is C20H23N5O8. The smallest absolute Gasteiger partial charge is 0.303 e. The number of carbonyl (C=O) groups is 3. The Balaban J connectivity index is 1.84. The van der Waals surface area contributed by atoms with Gasteiger partial charge in [0.05, 0.1) is 6.33 Å². The summed E-state index contributed by atoms with van der Waals surface area (Å²) in [6.45, 7) is 5.22. The van der Waals surface area contributed by atoms with Gasteiger partial charge in [-0.3, -0.25) is 23.7 Å². The van der Waals surface area contributed by atoms with Gasteiger partial charge in [0.1, 0.15) is 12.7 Å². The minimum Gasteiger partial charge on any atom is -0.463 e. The van der Waals surface area contributed by atoms with E-state index in [-0.39, 0.29) is 23.3 Å². The molecule has 0 bridgehead atoms. The molecule has 33 heavy (non-hydrogen) atoms. The lowest BCUT2D eigenvalue weighted by Gasteiger charge is -2.23. The van der Waals surface area contributed by atoms with Crippen LogP contribution in [0.15, 0.2) is 17.3 Å². The molecule has 0 aromatic carbocycles. The van der Waals surface area contributed by atoms with Crippen molar-refractivity contribution in [1.29, 1.82) is 0 Å². The fourth-order valence-corrected chi connectivity index (χ4v) is 3.86. The molecule has 0 amide bonds. The molecule has 0 spiro atoms. The number of imidazole rings is 2. The summed E-state index contributed by atoms with van der Waals surface area (Å²) < 4.78 is 26.4. The first kappa shape index (κ1) is 22.5. The van der Waals surface area contributed by atoms with Crippen LogP contribution < -0.4 is 5.56 Å². The highest BCUT2D eigenvalue weighted by Gasteiger charge is 2.51. The summed E-state index contributed by atoms with van der Waals surface area (Å²) in [5.41, 5.74) is 0.700. The van der Waals surface area contributed by atoms with E-state index in [1.807, 2.05) is 6.92 Å². The molecule has 0 saturated carbocycles. The van der Waals surface area contributed by atoms with Gasteiger partial charge < -0.3 is 23.5 Å². The largest absolute Gasteiger partial charge is 0.463 e. The summed E-state index contributed by atoms with van der Waals surface area (Å²) in [6, 6.07) is 0. The van der Waals surface area contributed by atoms with Crippen LogP contribution in [0, 0.1) is 6.92 Å². The minimum atomic E-state index is -1.11. The van der Waals surface area contributed by atoms with E-state index in [0.717, 1.165) is 5.69 Å². The van der Waals surface area contributed by atoms with E-state index in [1.165, 1.54) is 36.1 Å². The zero-order valence-electron chi connectivity index (χ0n) is 18.7. The first-order valence-electron chi connectivity index (χ1n) is 10.1. The van der Waals surface area contributed by atoms with E-state index >= 15 is 0 Å². The predicted molar refractivity (Wildman–Crippen MR) is 110 cm³/mol. The monoisotopic (exact) mass is 461 g/mol. The second-order valence-corrected chi connectivity index (χ2v) is 7.76. The van der Waals surface area contributed by atoms with Crippen LogP contribution in [0.3, 0.4) is 0 Å². The van der Waals surface area contributed by atoms with Gasteiger partial charge in [-0.05, 0) is 6.92 Å². The van der Waals surface area contributed by atoms with E-state index in [0.29, 0.717) is 5.78 Å². The van der Waals surface area contributed by atoms with Crippen molar-refractivity contribution in [3.63, 3.8) is 0 Å². The third-order valence-electron chi connectivity index (χ3n) is 5.37. The van der Waals surface area contributed by atoms with Gasteiger partial charge in [-0.15, -0.1) is 0 Å². The van der Waals surface area contributed by atoms with Crippen molar-refractivity contribution in [2.24, 2.45) is 7.05 Å². The van der Waals surface area contributed by atoms with Crippen LogP contribution >= 0.6 is 0 Å². The molecule has 1 fully saturated rings. The van der Waals surface area contributed by atoms with E-state index in [2.05, 4.69) is 9.97 Å². The normalized spacial score (nSPS) is 22.6. The van der Waals surface area contributed by atoms with Crippen LogP contribution in [-0.4, -0.2) is 66.3 Å². The van der Waals surface area contributed by atoms with Gasteiger partial charge in [0.15, 0.2) is 29.6 Å². The van der Waals surface area contributed by atoms with Crippen molar-refractivity contribution < 1.29 is 33.3 Å². The Labute approximate surface area is 186 Å². The topological polar surface area (TPSA) is 145 Å². The highest BCUT2D eigenvalue weighted by molar-refractivity contribution is 5.72. The third-order valence-corrected chi connectivity index (χ3v) is 5.37. The van der Waals surface area contributed by atoms with Crippen molar-refractivity contribution in [3.05, 3.63) is 28.6 Å². The molecule has 1 aliphatic heterocycles. The fraction of sp³-hybridized carbons (Fsp3) is 0.500. The lowest BCUT2D eigenvalue weighted by Crippen LogP contribution is -2.40. The lowest BCUT2D eigenvalue weighted by atomic mass is 10.1. The summed E-state index contributed by atoms with van der Waals surface area (Å²) in [5, 5.41) is 0. The second-order valence-electron chi connectivity index (χ2n) is 7.76. The zero-order chi connectivity index (χ0) is 24.0. The Morgan fingerprint density at radius 3 is 2.39 bits per heavy atom. The molecule has 13 heteroatoms. The molecule has 0 N–H and O–H groups in total. The number of hydrogen-bond acceptors (Lipinski definition) is 10. The Bertz CT molecular complexity index is 1320. The van der Waals surface area contributed by atoms with Crippen molar-refractivity contribution in [3.8, 4) is 0 Å². The first-order chi connectivity index (χ1) is 15.6. The zero-order valence-corrected chi connectivity index (χ0v) is 18.7. The molecule has 0 aliphatic carbocycles. The number of nitrogens with zero attached hydrogens (tertiary/aromatic N) is 5. The van der Waals surface area contributed by atoms with Crippen LogP contribution in [0.25, 0.3) is 16.9 Å². The molecule has 13 nitrogen and oxygen atoms in total. The maximum absolute atomic E-state index is 13.0. The van der Waals surface area contributed by atoms with E-state index in [4.69, 9.17) is 18.9 Å². The van der Waals surface area contributed by atoms with Gasteiger partial charge >= 0.3 is 17.9 Å². The van der Waals surface area contributed by atoms with Gasteiger partial charge in [-0.1, -0.05) is 0 Å². The Morgan fingerprint density at radius 2 is 1.76 bits per heavy atom. The maximum Gasteiger partial charge on any atom is 0.303 e. The molecule has 4 rings (SSSR count). The average Bonchev–Trinajstić information content (AvgIpc) is 3.37. The molecule has 4 heterocycles.